The van der Waals surface area contributed by atoms with E-state index in [1.54, 1.807) is 32.2 Å². The van der Waals surface area contributed by atoms with Gasteiger partial charge in [-0.2, -0.15) is 5.10 Å². The van der Waals surface area contributed by atoms with Gasteiger partial charge in [-0.1, -0.05) is 23.2 Å². The summed E-state index contributed by atoms with van der Waals surface area (Å²) in [6.07, 6.45) is 0. The number of piperazine rings is 1. The number of rotatable bonds is 3. The van der Waals surface area contributed by atoms with Gasteiger partial charge in [0.2, 0.25) is 5.91 Å². The minimum Gasteiger partial charge on any atom is -0.359 e. The van der Waals surface area contributed by atoms with Crippen molar-refractivity contribution >= 4 is 46.4 Å². The van der Waals surface area contributed by atoms with Crippen molar-refractivity contribution in [2.45, 2.75) is 6.92 Å². The molecule has 2 amide bonds. The van der Waals surface area contributed by atoms with Crippen LogP contribution in [0.25, 0.3) is 0 Å². The molecule has 132 valence electrons. The molecule has 2 aromatic rings. The number of aromatic nitrogens is 2. The van der Waals surface area contributed by atoms with E-state index in [-0.39, 0.29) is 23.5 Å². The highest BCUT2D eigenvalue weighted by atomic mass is 35.5. The number of aryl methyl sites for hydroxylation is 2. The number of carbonyl (C=O) groups is 2. The molecule has 1 aromatic heterocycles. The minimum absolute atomic E-state index is 0.0404. The number of amides is 2. The van der Waals surface area contributed by atoms with Crippen LogP contribution in [-0.2, 0) is 11.8 Å². The Morgan fingerprint density at radius 3 is 2.72 bits per heavy atom. The quantitative estimate of drug-likeness (QED) is 0.854. The number of carbonyl (C=O) groups excluding carboxylic acids is 2. The molecule has 1 aromatic carbocycles. The molecular weight excluding hydrogens is 365 g/mol. The first kappa shape index (κ1) is 17.6. The average Bonchev–Trinajstić information content (AvgIpc) is 2.80. The first-order valence-corrected chi connectivity index (χ1v) is 8.44. The molecule has 0 aliphatic carbocycles. The van der Waals surface area contributed by atoms with Gasteiger partial charge in [0.1, 0.15) is 5.15 Å². The fourth-order valence-corrected chi connectivity index (χ4v) is 3.33. The van der Waals surface area contributed by atoms with E-state index in [0.717, 1.165) is 5.69 Å². The Morgan fingerprint density at radius 2 is 2.12 bits per heavy atom. The summed E-state index contributed by atoms with van der Waals surface area (Å²) in [5, 5.41) is 10.4. The van der Waals surface area contributed by atoms with Gasteiger partial charge in [-0.15, -0.1) is 0 Å². The maximum absolute atomic E-state index is 12.5. The Kier molecular flexibility index (Phi) is 4.87. The van der Waals surface area contributed by atoms with E-state index >= 15 is 0 Å². The van der Waals surface area contributed by atoms with Crippen LogP contribution < -0.4 is 15.5 Å². The minimum atomic E-state index is -0.350. The Labute approximate surface area is 154 Å². The number of benzene rings is 1. The lowest BCUT2D eigenvalue weighted by Crippen LogP contribution is -2.47. The maximum Gasteiger partial charge on any atom is 0.260 e. The van der Waals surface area contributed by atoms with Crippen LogP contribution in [0, 0.1) is 6.92 Å². The zero-order valence-corrected chi connectivity index (χ0v) is 15.3. The molecule has 3 rings (SSSR count). The van der Waals surface area contributed by atoms with Crippen molar-refractivity contribution in [1.29, 1.82) is 0 Å². The average molecular weight is 382 g/mol. The van der Waals surface area contributed by atoms with E-state index in [4.69, 9.17) is 23.2 Å². The van der Waals surface area contributed by atoms with Crippen molar-refractivity contribution < 1.29 is 9.59 Å². The molecule has 0 spiro atoms. The van der Waals surface area contributed by atoms with Gasteiger partial charge in [0.25, 0.3) is 5.91 Å². The predicted octanol–water partition coefficient (Wildman–Crippen LogP) is 2.22. The Hall–Kier alpha value is -2.25. The summed E-state index contributed by atoms with van der Waals surface area (Å²) in [4.78, 5) is 25.9. The summed E-state index contributed by atoms with van der Waals surface area (Å²) in [6, 6.07) is 5.18. The van der Waals surface area contributed by atoms with Crippen molar-refractivity contribution in [1.82, 2.24) is 15.1 Å². The zero-order chi connectivity index (χ0) is 18.1. The molecule has 25 heavy (non-hydrogen) atoms. The van der Waals surface area contributed by atoms with Gasteiger partial charge >= 0.3 is 0 Å². The van der Waals surface area contributed by atoms with Gasteiger partial charge in [0, 0.05) is 25.8 Å². The van der Waals surface area contributed by atoms with Gasteiger partial charge in [-0.05, 0) is 25.1 Å². The molecule has 9 heteroatoms. The lowest BCUT2D eigenvalue weighted by Gasteiger charge is -2.29. The van der Waals surface area contributed by atoms with E-state index in [9.17, 15) is 9.59 Å². The third-order valence-electron chi connectivity index (χ3n) is 3.96. The molecule has 2 N–H and O–H groups in total. The number of hydrogen-bond acceptors (Lipinski definition) is 4. The number of nitrogens with zero attached hydrogens (tertiary/aromatic N) is 3. The largest absolute Gasteiger partial charge is 0.359 e. The number of halogens is 2. The van der Waals surface area contributed by atoms with Gasteiger partial charge in [-0.25, -0.2) is 0 Å². The first-order chi connectivity index (χ1) is 11.9. The lowest BCUT2D eigenvalue weighted by molar-refractivity contribution is -0.120. The highest BCUT2D eigenvalue weighted by molar-refractivity contribution is 6.34. The molecule has 1 aliphatic heterocycles. The number of nitrogens with one attached hydrogen (secondary N) is 2. The number of anilines is 2. The van der Waals surface area contributed by atoms with Crippen LogP contribution in [-0.4, -0.2) is 41.2 Å². The molecule has 7 nitrogen and oxygen atoms in total. The van der Waals surface area contributed by atoms with Gasteiger partial charge in [0.15, 0.2) is 0 Å². The van der Waals surface area contributed by atoms with E-state index in [1.165, 1.54) is 4.68 Å². The molecule has 0 radical (unpaired) electrons. The fraction of sp³-hybridized carbons (Fsp3) is 0.312. The van der Waals surface area contributed by atoms with Gasteiger partial charge < -0.3 is 15.5 Å². The van der Waals surface area contributed by atoms with Crippen LogP contribution in [0.1, 0.15) is 16.1 Å². The standard InChI is InChI=1S/C16H17Cl2N5O2/c1-9-14(15(18)22(2)21-9)16(25)20-10-3-4-12(11(17)7-10)23-6-5-19-13(24)8-23/h3-4,7H,5-6,8H2,1-2H3,(H,19,24)(H,20,25). The molecule has 1 fully saturated rings. The molecule has 2 heterocycles. The SMILES string of the molecule is Cc1nn(C)c(Cl)c1C(=O)Nc1ccc(N2CCNC(=O)C2)c(Cl)c1. The third kappa shape index (κ3) is 3.57. The second kappa shape index (κ2) is 6.93. The van der Waals surface area contributed by atoms with Crippen LogP contribution >= 0.6 is 23.2 Å². The van der Waals surface area contributed by atoms with E-state index in [0.29, 0.717) is 35.1 Å². The van der Waals surface area contributed by atoms with Crippen LogP contribution in [0.5, 0.6) is 0 Å². The molecule has 1 saturated heterocycles. The van der Waals surface area contributed by atoms with Crippen molar-refractivity contribution in [3.8, 4) is 0 Å². The van der Waals surface area contributed by atoms with Gasteiger partial charge in [0.05, 0.1) is 28.5 Å². The monoisotopic (exact) mass is 381 g/mol. The molecule has 1 aliphatic rings. The van der Waals surface area contributed by atoms with Crippen LogP contribution in [0.4, 0.5) is 11.4 Å². The molecular formula is C16H17Cl2N5O2. The summed E-state index contributed by atoms with van der Waals surface area (Å²) >= 11 is 12.5. The highest BCUT2D eigenvalue weighted by Crippen LogP contribution is 2.30. The number of hydrogen-bond donors (Lipinski definition) is 2. The Bertz CT molecular complexity index is 849. The summed E-state index contributed by atoms with van der Waals surface area (Å²) in [6.45, 7) is 3.24. The second-order valence-corrected chi connectivity index (χ2v) is 6.53. The van der Waals surface area contributed by atoms with Crippen molar-refractivity contribution in [3.05, 3.63) is 39.6 Å². The summed E-state index contributed by atoms with van der Waals surface area (Å²) in [5.41, 5.74) is 2.17. The smallest absolute Gasteiger partial charge is 0.260 e. The van der Waals surface area contributed by atoms with Crippen LogP contribution in [0.2, 0.25) is 10.2 Å². The van der Waals surface area contributed by atoms with Crippen molar-refractivity contribution in [2.75, 3.05) is 29.9 Å². The van der Waals surface area contributed by atoms with Crippen molar-refractivity contribution in [3.63, 3.8) is 0 Å². The topological polar surface area (TPSA) is 79.3 Å². The summed E-state index contributed by atoms with van der Waals surface area (Å²) in [7, 11) is 1.67. The predicted molar refractivity (Wildman–Crippen MR) is 97.6 cm³/mol. The first-order valence-electron chi connectivity index (χ1n) is 7.68. The summed E-state index contributed by atoms with van der Waals surface area (Å²) in [5.74, 6) is -0.391. The van der Waals surface area contributed by atoms with Crippen LogP contribution in [0.3, 0.4) is 0 Å². The van der Waals surface area contributed by atoms with Crippen LogP contribution in [0.15, 0.2) is 18.2 Å². The molecule has 0 unspecified atom stereocenters. The van der Waals surface area contributed by atoms with Gasteiger partial charge in [-0.3, -0.25) is 14.3 Å². The third-order valence-corrected chi connectivity index (χ3v) is 4.70. The van der Waals surface area contributed by atoms with E-state index in [1.807, 2.05) is 4.90 Å². The van der Waals surface area contributed by atoms with E-state index in [2.05, 4.69) is 15.7 Å². The second-order valence-electron chi connectivity index (χ2n) is 5.77. The normalized spacial score (nSPS) is 14.4. The van der Waals surface area contributed by atoms with E-state index < -0.39 is 0 Å². The highest BCUT2D eigenvalue weighted by Gasteiger charge is 2.21. The maximum atomic E-state index is 12.5. The molecule has 0 atom stereocenters. The lowest BCUT2D eigenvalue weighted by atomic mass is 10.2. The Balaban J connectivity index is 1.79. The van der Waals surface area contributed by atoms with Crippen molar-refractivity contribution in [2.24, 2.45) is 7.05 Å². The summed E-state index contributed by atoms with van der Waals surface area (Å²) < 4.78 is 1.45. The fourth-order valence-electron chi connectivity index (χ4n) is 2.77. The molecule has 0 saturated carbocycles. The molecule has 0 bridgehead atoms. The zero-order valence-electron chi connectivity index (χ0n) is 13.8. The Morgan fingerprint density at radius 1 is 1.36 bits per heavy atom.